The molecule has 1 saturated heterocycles. The quantitative estimate of drug-likeness (QED) is 0.488. The van der Waals surface area contributed by atoms with Gasteiger partial charge in [-0.2, -0.15) is 0 Å². The zero-order valence-electron chi connectivity index (χ0n) is 13.9. The summed E-state index contributed by atoms with van der Waals surface area (Å²) in [7, 11) is 0. The van der Waals surface area contributed by atoms with E-state index in [0.29, 0.717) is 18.7 Å². The molecular formula is C16H22ClFN4O3. The van der Waals surface area contributed by atoms with Gasteiger partial charge in [0.15, 0.2) is 0 Å². The third-order valence-corrected chi connectivity index (χ3v) is 3.95. The van der Waals surface area contributed by atoms with Crippen molar-refractivity contribution in [3.8, 4) is 0 Å². The smallest absolute Gasteiger partial charge is 0.325 e. The van der Waals surface area contributed by atoms with Crippen LogP contribution in [0.25, 0.3) is 0 Å². The second kappa shape index (κ2) is 8.77. The van der Waals surface area contributed by atoms with Gasteiger partial charge in [-0.25, -0.2) is 9.18 Å². The molecule has 1 unspecified atom stereocenters. The normalized spacial score (nSPS) is 19.4. The number of unbranched alkanes of at least 4 members (excludes halogenated alkanes) is 1. The lowest BCUT2D eigenvalue weighted by Gasteiger charge is -2.22. The molecule has 0 aromatic heterocycles. The lowest BCUT2D eigenvalue weighted by Crippen LogP contribution is -2.43. The van der Waals surface area contributed by atoms with Crippen LogP contribution in [-0.2, 0) is 15.1 Å². The fourth-order valence-corrected chi connectivity index (χ4v) is 2.52. The summed E-state index contributed by atoms with van der Waals surface area (Å²) in [6, 6.07) is 4.65. The van der Waals surface area contributed by atoms with Crippen LogP contribution in [0.2, 0.25) is 0 Å². The van der Waals surface area contributed by atoms with Gasteiger partial charge in [0.05, 0.1) is 0 Å². The van der Waals surface area contributed by atoms with Crippen molar-refractivity contribution in [2.75, 3.05) is 19.6 Å². The number of carbonyl (C=O) groups is 3. The average Bonchev–Trinajstić information content (AvgIpc) is 2.76. The minimum absolute atomic E-state index is 0. The molecule has 138 valence electrons. The molecule has 0 bridgehead atoms. The van der Waals surface area contributed by atoms with Crippen molar-refractivity contribution < 1.29 is 18.8 Å². The lowest BCUT2D eigenvalue weighted by molar-refractivity contribution is -0.134. The van der Waals surface area contributed by atoms with Crippen LogP contribution in [0.3, 0.4) is 0 Å². The van der Waals surface area contributed by atoms with Gasteiger partial charge >= 0.3 is 6.03 Å². The van der Waals surface area contributed by atoms with Gasteiger partial charge in [0.1, 0.15) is 17.9 Å². The van der Waals surface area contributed by atoms with Gasteiger partial charge in [-0.05, 0) is 44.0 Å². The molecule has 4 amide bonds. The Morgan fingerprint density at radius 2 is 1.92 bits per heavy atom. The second-order valence-electron chi connectivity index (χ2n) is 5.80. The van der Waals surface area contributed by atoms with Crippen LogP contribution < -0.4 is 16.4 Å². The number of rotatable bonds is 7. The summed E-state index contributed by atoms with van der Waals surface area (Å²) < 4.78 is 13.1. The molecule has 0 aliphatic carbocycles. The van der Waals surface area contributed by atoms with Crippen LogP contribution in [0.5, 0.6) is 0 Å². The van der Waals surface area contributed by atoms with Gasteiger partial charge in [0, 0.05) is 6.54 Å². The summed E-state index contributed by atoms with van der Waals surface area (Å²) in [5.41, 5.74) is 4.50. The Labute approximate surface area is 151 Å². The summed E-state index contributed by atoms with van der Waals surface area (Å²) in [6.07, 6.45) is 1.52. The molecule has 1 fully saturated rings. The van der Waals surface area contributed by atoms with Crippen molar-refractivity contribution in [3.63, 3.8) is 0 Å². The van der Waals surface area contributed by atoms with Gasteiger partial charge in [0.2, 0.25) is 5.91 Å². The molecule has 1 atom stereocenters. The van der Waals surface area contributed by atoms with Crippen LogP contribution in [0.15, 0.2) is 24.3 Å². The van der Waals surface area contributed by atoms with E-state index < -0.39 is 29.2 Å². The minimum atomic E-state index is -1.31. The molecule has 0 saturated carbocycles. The number of imide groups is 1. The van der Waals surface area contributed by atoms with Gasteiger partial charge < -0.3 is 16.4 Å². The fourth-order valence-electron chi connectivity index (χ4n) is 2.52. The van der Waals surface area contributed by atoms with Gasteiger partial charge in [-0.1, -0.05) is 12.1 Å². The van der Waals surface area contributed by atoms with E-state index in [2.05, 4.69) is 10.6 Å². The maximum atomic E-state index is 13.1. The highest BCUT2D eigenvalue weighted by atomic mass is 35.5. The molecule has 25 heavy (non-hydrogen) atoms. The van der Waals surface area contributed by atoms with Crippen molar-refractivity contribution in [3.05, 3.63) is 35.6 Å². The first-order valence-electron chi connectivity index (χ1n) is 7.75. The standard InChI is InChI=1S/C16H21FN4O3.ClH/c1-16(11-4-6-12(17)7-5-11)14(23)21(15(24)20-16)10-13(22)19-9-3-2-8-18;/h4-7H,2-3,8-10,18H2,1H3,(H,19,22)(H,20,24);1H. The molecule has 9 heteroatoms. The first-order valence-corrected chi connectivity index (χ1v) is 7.75. The van der Waals surface area contributed by atoms with Crippen molar-refractivity contribution in [2.45, 2.75) is 25.3 Å². The summed E-state index contributed by atoms with van der Waals surface area (Å²) in [5.74, 6) is -1.40. The first kappa shape index (κ1) is 20.9. The third-order valence-electron chi connectivity index (χ3n) is 3.95. The van der Waals surface area contributed by atoms with Crippen LogP contribution in [-0.4, -0.2) is 42.4 Å². The average molecular weight is 373 g/mol. The molecule has 1 aliphatic rings. The first-order chi connectivity index (χ1) is 11.4. The van der Waals surface area contributed by atoms with Crippen molar-refractivity contribution in [1.82, 2.24) is 15.5 Å². The van der Waals surface area contributed by atoms with E-state index in [0.717, 1.165) is 17.7 Å². The third kappa shape index (κ3) is 4.67. The van der Waals surface area contributed by atoms with E-state index in [1.54, 1.807) is 0 Å². The highest BCUT2D eigenvalue weighted by Crippen LogP contribution is 2.28. The van der Waals surface area contributed by atoms with Gasteiger partial charge in [0.25, 0.3) is 5.91 Å². The topological polar surface area (TPSA) is 105 Å². The Hall–Kier alpha value is -2.19. The van der Waals surface area contributed by atoms with Crippen molar-refractivity contribution in [2.24, 2.45) is 5.73 Å². The number of hydrogen-bond donors (Lipinski definition) is 3. The number of amides is 4. The number of nitrogens with zero attached hydrogens (tertiary/aromatic N) is 1. The molecule has 0 radical (unpaired) electrons. The summed E-state index contributed by atoms with van der Waals surface area (Å²) in [5, 5.41) is 5.21. The minimum Gasteiger partial charge on any atom is -0.355 e. The Morgan fingerprint density at radius 1 is 1.28 bits per heavy atom. The molecule has 1 aromatic carbocycles. The Bertz CT molecular complexity index is 641. The molecular weight excluding hydrogens is 351 g/mol. The monoisotopic (exact) mass is 372 g/mol. The van der Waals surface area contributed by atoms with E-state index in [-0.39, 0.29) is 19.0 Å². The van der Waals surface area contributed by atoms with E-state index >= 15 is 0 Å². The Kier molecular flexibility index (Phi) is 7.32. The highest BCUT2D eigenvalue weighted by molar-refractivity contribution is 6.09. The zero-order chi connectivity index (χ0) is 17.7. The maximum absolute atomic E-state index is 13.1. The van der Waals surface area contributed by atoms with E-state index in [1.807, 2.05) is 0 Å². The SMILES string of the molecule is CC1(c2ccc(F)cc2)NC(=O)N(CC(=O)NCCCCN)C1=O.Cl. The number of carbonyl (C=O) groups excluding carboxylic acids is 3. The van der Waals surface area contributed by atoms with Gasteiger partial charge in [-0.3, -0.25) is 14.5 Å². The molecule has 0 spiro atoms. The Balaban J connectivity index is 0.00000312. The lowest BCUT2D eigenvalue weighted by atomic mass is 9.92. The highest BCUT2D eigenvalue weighted by Gasteiger charge is 2.49. The number of halogens is 2. The summed E-state index contributed by atoms with van der Waals surface area (Å²) in [4.78, 5) is 37.4. The number of benzene rings is 1. The predicted octanol–water partition coefficient (Wildman–Crippen LogP) is 0.870. The van der Waals surface area contributed by atoms with Gasteiger partial charge in [-0.15, -0.1) is 12.4 Å². The van der Waals surface area contributed by atoms with E-state index in [1.165, 1.54) is 31.2 Å². The summed E-state index contributed by atoms with van der Waals surface area (Å²) in [6.45, 7) is 2.15. The number of urea groups is 1. The predicted molar refractivity (Wildman–Crippen MR) is 92.5 cm³/mol. The van der Waals surface area contributed by atoms with Crippen LogP contribution in [0.1, 0.15) is 25.3 Å². The van der Waals surface area contributed by atoms with Crippen LogP contribution >= 0.6 is 12.4 Å². The van der Waals surface area contributed by atoms with E-state index in [4.69, 9.17) is 5.73 Å². The maximum Gasteiger partial charge on any atom is 0.325 e. The second-order valence-corrected chi connectivity index (χ2v) is 5.80. The van der Waals surface area contributed by atoms with Crippen LogP contribution in [0.4, 0.5) is 9.18 Å². The number of nitrogens with one attached hydrogen (secondary N) is 2. The molecule has 1 heterocycles. The van der Waals surface area contributed by atoms with E-state index in [9.17, 15) is 18.8 Å². The molecule has 2 rings (SSSR count). The van der Waals surface area contributed by atoms with Crippen molar-refractivity contribution in [1.29, 1.82) is 0 Å². The number of nitrogens with two attached hydrogens (primary N) is 1. The fraction of sp³-hybridized carbons (Fsp3) is 0.438. The van der Waals surface area contributed by atoms with Crippen LogP contribution in [0, 0.1) is 5.82 Å². The molecule has 1 aliphatic heterocycles. The Morgan fingerprint density at radius 3 is 2.52 bits per heavy atom. The molecule has 1 aromatic rings. The summed E-state index contributed by atoms with van der Waals surface area (Å²) >= 11 is 0. The van der Waals surface area contributed by atoms with Crippen molar-refractivity contribution >= 4 is 30.3 Å². The molecule has 7 nitrogen and oxygen atoms in total. The molecule has 4 N–H and O–H groups in total. The largest absolute Gasteiger partial charge is 0.355 e. The number of hydrogen-bond acceptors (Lipinski definition) is 4. The zero-order valence-corrected chi connectivity index (χ0v) is 14.7.